The number of likely N-dealkylation sites (tertiary alicyclic amines) is 1. The van der Waals surface area contributed by atoms with E-state index in [1.54, 1.807) is 0 Å². The number of rotatable bonds is 3. The smallest absolute Gasteiger partial charge is 0.326 e. The first-order chi connectivity index (χ1) is 8.54. The molecule has 2 unspecified atom stereocenters. The largest absolute Gasteiger partial charge is 0.480 e. The fourth-order valence-corrected chi connectivity index (χ4v) is 1.91. The summed E-state index contributed by atoms with van der Waals surface area (Å²) in [5, 5.41) is 15.7. The molecule has 1 fully saturated rings. The first kappa shape index (κ1) is 12.3. The number of nitrogen functional groups attached to an aromatic ring is 1. The lowest BCUT2D eigenvalue weighted by atomic mass is 10.2. The summed E-state index contributed by atoms with van der Waals surface area (Å²) in [5.74, 6) is -1.89. The van der Waals surface area contributed by atoms with Gasteiger partial charge < -0.3 is 20.5 Å². The summed E-state index contributed by atoms with van der Waals surface area (Å²) in [7, 11) is 1.46. The number of nitrogens with zero attached hydrogens (tertiary/aromatic N) is 3. The zero-order chi connectivity index (χ0) is 13.3. The van der Waals surface area contributed by atoms with Crippen LogP contribution in [0.4, 0.5) is 5.82 Å². The molecule has 9 nitrogen and oxygen atoms in total. The lowest BCUT2D eigenvalue weighted by molar-refractivity contribution is -0.141. The third-order valence-corrected chi connectivity index (χ3v) is 2.86. The van der Waals surface area contributed by atoms with Gasteiger partial charge in [0.1, 0.15) is 6.04 Å². The van der Waals surface area contributed by atoms with Gasteiger partial charge in [-0.2, -0.15) is 0 Å². The van der Waals surface area contributed by atoms with Crippen molar-refractivity contribution in [1.82, 2.24) is 15.2 Å². The summed E-state index contributed by atoms with van der Waals surface area (Å²) >= 11 is 0. The number of carboxylic acids is 1. The van der Waals surface area contributed by atoms with Crippen LogP contribution in [0.1, 0.15) is 16.9 Å². The summed E-state index contributed by atoms with van der Waals surface area (Å²) in [6.07, 6.45) is -0.0981. The highest BCUT2D eigenvalue weighted by Gasteiger charge is 2.41. The molecule has 1 aromatic rings. The van der Waals surface area contributed by atoms with Crippen LogP contribution in [-0.2, 0) is 9.53 Å². The number of anilines is 1. The van der Waals surface area contributed by atoms with Crippen molar-refractivity contribution in [2.45, 2.75) is 18.6 Å². The van der Waals surface area contributed by atoms with E-state index in [1.807, 2.05) is 0 Å². The first-order valence-electron chi connectivity index (χ1n) is 5.19. The second kappa shape index (κ2) is 4.61. The van der Waals surface area contributed by atoms with Gasteiger partial charge in [0.05, 0.1) is 6.10 Å². The maximum atomic E-state index is 12.1. The number of carbonyl (C=O) groups is 2. The Balaban J connectivity index is 2.23. The average molecular weight is 256 g/mol. The maximum absolute atomic E-state index is 12.1. The lowest BCUT2D eigenvalue weighted by Crippen LogP contribution is -2.41. The second-order valence-corrected chi connectivity index (χ2v) is 3.90. The Labute approximate surface area is 101 Å². The van der Waals surface area contributed by atoms with E-state index in [9.17, 15) is 9.59 Å². The minimum absolute atomic E-state index is 0.162. The van der Waals surface area contributed by atoms with E-state index in [4.69, 9.17) is 15.6 Å². The zero-order valence-electron chi connectivity index (χ0n) is 9.57. The molecule has 0 aromatic carbocycles. The van der Waals surface area contributed by atoms with Gasteiger partial charge in [-0.1, -0.05) is 0 Å². The number of methoxy groups -OCH3 is 1. The van der Waals surface area contributed by atoms with Crippen molar-refractivity contribution in [1.29, 1.82) is 0 Å². The standard InChI is InChI=1S/C9H12N4O5/c1-17-4-2-5(9(15)16)13(3-4)8(14)6-7(10)12-18-11-6/h4-5H,2-3H2,1H3,(H2,10,12)(H,15,16). The molecule has 0 bridgehead atoms. The molecule has 0 saturated carbocycles. The third-order valence-electron chi connectivity index (χ3n) is 2.86. The summed E-state index contributed by atoms with van der Waals surface area (Å²) in [6.45, 7) is 0.165. The number of amides is 1. The van der Waals surface area contributed by atoms with Crippen molar-refractivity contribution in [3.63, 3.8) is 0 Å². The second-order valence-electron chi connectivity index (χ2n) is 3.90. The molecule has 3 N–H and O–H groups in total. The first-order valence-corrected chi connectivity index (χ1v) is 5.19. The number of aromatic nitrogens is 2. The number of nitrogens with two attached hydrogens (primary N) is 1. The molecular weight excluding hydrogens is 244 g/mol. The van der Waals surface area contributed by atoms with Crippen LogP contribution in [0.25, 0.3) is 0 Å². The number of hydrogen-bond donors (Lipinski definition) is 2. The van der Waals surface area contributed by atoms with Gasteiger partial charge in [0, 0.05) is 20.1 Å². The Morgan fingerprint density at radius 3 is 2.78 bits per heavy atom. The number of hydrogen-bond acceptors (Lipinski definition) is 7. The molecular formula is C9H12N4O5. The molecule has 0 spiro atoms. The Bertz CT molecular complexity index is 473. The van der Waals surface area contributed by atoms with Gasteiger partial charge in [0.25, 0.3) is 5.91 Å². The highest BCUT2D eigenvalue weighted by molar-refractivity contribution is 5.98. The predicted octanol–water partition coefficient (Wildman–Crippen LogP) is -1.03. The summed E-state index contributed by atoms with van der Waals surface area (Å²) in [5.41, 5.74) is 5.22. The number of aliphatic carboxylic acids is 1. The van der Waals surface area contributed by atoms with E-state index >= 15 is 0 Å². The quantitative estimate of drug-likeness (QED) is 0.701. The van der Waals surface area contributed by atoms with Crippen LogP contribution in [0.2, 0.25) is 0 Å². The third kappa shape index (κ3) is 1.99. The molecule has 1 aromatic heterocycles. The van der Waals surface area contributed by atoms with E-state index in [2.05, 4.69) is 14.9 Å². The topological polar surface area (TPSA) is 132 Å². The van der Waals surface area contributed by atoms with Gasteiger partial charge in [-0.15, -0.1) is 0 Å². The Hall–Kier alpha value is -2.16. The van der Waals surface area contributed by atoms with Gasteiger partial charge >= 0.3 is 5.97 Å². The Morgan fingerprint density at radius 2 is 2.28 bits per heavy atom. The van der Waals surface area contributed by atoms with Crippen LogP contribution < -0.4 is 5.73 Å². The van der Waals surface area contributed by atoms with Crippen LogP contribution in [-0.4, -0.2) is 58.0 Å². The van der Waals surface area contributed by atoms with E-state index < -0.39 is 17.9 Å². The van der Waals surface area contributed by atoms with Crippen molar-refractivity contribution in [2.24, 2.45) is 0 Å². The van der Waals surface area contributed by atoms with Crippen molar-refractivity contribution < 1.29 is 24.1 Å². The van der Waals surface area contributed by atoms with Crippen LogP contribution >= 0.6 is 0 Å². The van der Waals surface area contributed by atoms with Gasteiger partial charge in [0.2, 0.25) is 11.5 Å². The molecule has 2 rings (SSSR count). The number of carboxylic acid groups (broad SMARTS) is 1. The normalized spacial score (nSPS) is 23.3. The van der Waals surface area contributed by atoms with Crippen molar-refractivity contribution in [3.8, 4) is 0 Å². The van der Waals surface area contributed by atoms with E-state index in [0.29, 0.717) is 0 Å². The average Bonchev–Trinajstić information content (AvgIpc) is 2.93. The van der Waals surface area contributed by atoms with Crippen LogP contribution in [0.15, 0.2) is 4.63 Å². The Kier molecular flexibility index (Phi) is 3.15. The van der Waals surface area contributed by atoms with Crippen molar-refractivity contribution in [2.75, 3.05) is 19.4 Å². The number of ether oxygens (including phenoxy) is 1. The molecule has 1 aliphatic rings. The summed E-state index contributed by atoms with van der Waals surface area (Å²) in [6, 6.07) is -0.960. The molecule has 1 amide bonds. The molecule has 1 aliphatic heterocycles. The predicted molar refractivity (Wildman–Crippen MR) is 56.6 cm³/mol. The summed E-state index contributed by atoms with van der Waals surface area (Å²) in [4.78, 5) is 24.3. The molecule has 1 saturated heterocycles. The molecule has 2 heterocycles. The molecule has 98 valence electrons. The van der Waals surface area contributed by atoms with Gasteiger partial charge in [0.15, 0.2) is 0 Å². The van der Waals surface area contributed by atoms with Crippen LogP contribution in [0.3, 0.4) is 0 Å². The monoisotopic (exact) mass is 256 g/mol. The molecule has 18 heavy (non-hydrogen) atoms. The number of carbonyl (C=O) groups excluding carboxylic acids is 1. The maximum Gasteiger partial charge on any atom is 0.326 e. The molecule has 9 heteroatoms. The minimum atomic E-state index is -1.10. The van der Waals surface area contributed by atoms with E-state index in [0.717, 1.165) is 4.90 Å². The highest BCUT2D eigenvalue weighted by Crippen LogP contribution is 2.23. The lowest BCUT2D eigenvalue weighted by Gasteiger charge is -2.19. The van der Waals surface area contributed by atoms with E-state index in [-0.39, 0.29) is 30.6 Å². The summed E-state index contributed by atoms with van der Waals surface area (Å²) < 4.78 is 9.40. The SMILES string of the molecule is COC1CC(C(=O)O)N(C(=O)c2nonc2N)C1. The van der Waals surface area contributed by atoms with Gasteiger partial charge in [-0.25, -0.2) is 9.42 Å². The van der Waals surface area contributed by atoms with Crippen molar-refractivity contribution >= 4 is 17.7 Å². The minimum Gasteiger partial charge on any atom is -0.480 e. The van der Waals surface area contributed by atoms with Gasteiger partial charge in [-0.05, 0) is 10.3 Å². The fourth-order valence-electron chi connectivity index (χ4n) is 1.91. The van der Waals surface area contributed by atoms with E-state index in [1.165, 1.54) is 7.11 Å². The zero-order valence-corrected chi connectivity index (χ0v) is 9.57. The van der Waals surface area contributed by atoms with Crippen molar-refractivity contribution in [3.05, 3.63) is 5.69 Å². The molecule has 2 atom stereocenters. The highest BCUT2D eigenvalue weighted by atomic mass is 16.6. The van der Waals surface area contributed by atoms with Crippen LogP contribution in [0.5, 0.6) is 0 Å². The molecule has 0 aliphatic carbocycles. The van der Waals surface area contributed by atoms with Crippen LogP contribution in [0, 0.1) is 0 Å². The molecule has 0 radical (unpaired) electrons. The Morgan fingerprint density at radius 1 is 1.56 bits per heavy atom. The fraction of sp³-hybridized carbons (Fsp3) is 0.556. The van der Waals surface area contributed by atoms with Gasteiger partial charge in [-0.3, -0.25) is 4.79 Å².